The fourth-order valence-corrected chi connectivity index (χ4v) is 3.71. The van der Waals surface area contributed by atoms with E-state index in [9.17, 15) is 0 Å². The quantitative estimate of drug-likeness (QED) is 0.568. The Morgan fingerprint density at radius 2 is 2.00 bits per heavy atom. The van der Waals surface area contributed by atoms with Crippen molar-refractivity contribution < 1.29 is 4.43 Å². The summed E-state index contributed by atoms with van der Waals surface area (Å²) in [5.41, 5.74) is 1.55. The summed E-state index contributed by atoms with van der Waals surface area (Å²) in [7, 11) is -1.59. The molecular formula is C16H31NOSi. The second-order valence-corrected chi connectivity index (χ2v) is 12.5. The highest BCUT2D eigenvalue weighted by atomic mass is 28.4. The van der Waals surface area contributed by atoms with E-state index in [1.54, 1.807) is 5.57 Å². The predicted octanol–water partition coefficient (Wildman–Crippen LogP) is 4.19. The lowest BCUT2D eigenvalue weighted by Gasteiger charge is -2.40. The van der Waals surface area contributed by atoms with Gasteiger partial charge < -0.3 is 4.43 Å². The van der Waals surface area contributed by atoms with Crippen LogP contribution in [0.15, 0.2) is 11.6 Å². The summed E-state index contributed by atoms with van der Waals surface area (Å²) < 4.78 is 6.37. The van der Waals surface area contributed by atoms with E-state index in [0.29, 0.717) is 11.1 Å². The molecule has 0 radical (unpaired) electrons. The van der Waals surface area contributed by atoms with Crippen molar-refractivity contribution in [2.24, 2.45) is 0 Å². The van der Waals surface area contributed by atoms with Crippen LogP contribution in [0.25, 0.3) is 0 Å². The minimum Gasteiger partial charge on any atom is -0.413 e. The normalized spacial score (nSPS) is 25.9. The van der Waals surface area contributed by atoms with Crippen molar-refractivity contribution >= 4 is 8.32 Å². The van der Waals surface area contributed by atoms with Crippen molar-refractivity contribution in [1.82, 2.24) is 4.90 Å². The predicted molar refractivity (Wildman–Crippen MR) is 85.1 cm³/mol. The summed E-state index contributed by atoms with van der Waals surface area (Å²) >= 11 is 0. The van der Waals surface area contributed by atoms with E-state index in [2.05, 4.69) is 44.8 Å². The molecule has 0 spiro atoms. The highest BCUT2D eigenvalue weighted by Crippen LogP contribution is 2.37. The zero-order valence-corrected chi connectivity index (χ0v) is 14.5. The highest BCUT2D eigenvalue weighted by Gasteiger charge is 2.37. The van der Waals surface area contributed by atoms with Crippen LogP contribution in [-0.2, 0) is 4.43 Å². The molecule has 2 aliphatic heterocycles. The molecule has 0 aromatic carbocycles. The molecule has 19 heavy (non-hydrogen) atoms. The van der Waals surface area contributed by atoms with Gasteiger partial charge in [0.2, 0.25) is 0 Å². The van der Waals surface area contributed by atoms with Crippen LogP contribution in [0.1, 0.15) is 46.5 Å². The zero-order chi connectivity index (χ0) is 14.1. The van der Waals surface area contributed by atoms with E-state index < -0.39 is 8.32 Å². The molecule has 0 N–H and O–H groups in total. The number of hydrogen-bond acceptors (Lipinski definition) is 2. The summed E-state index contributed by atoms with van der Waals surface area (Å²) in [4.78, 5) is 2.65. The third-order valence-electron chi connectivity index (χ3n) is 5.24. The summed E-state index contributed by atoms with van der Waals surface area (Å²) in [5.74, 6) is 0. The second-order valence-electron chi connectivity index (χ2n) is 7.72. The maximum absolute atomic E-state index is 6.37. The van der Waals surface area contributed by atoms with Gasteiger partial charge in [-0.05, 0) is 49.5 Å². The first-order chi connectivity index (χ1) is 8.79. The first kappa shape index (κ1) is 15.3. The SMILES string of the molecule is CC(C)(C)[Si](C)(C)OCC1=CC2CCCCN2CC1. The maximum Gasteiger partial charge on any atom is 0.192 e. The number of piperidine rings is 1. The molecule has 0 amide bonds. The number of rotatable bonds is 3. The average Bonchev–Trinajstić information content (AvgIpc) is 2.35. The van der Waals surface area contributed by atoms with Crippen LogP contribution in [0.2, 0.25) is 18.1 Å². The molecule has 110 valence electrons. The first-order valence-electron chi connectivity index (χ1n) is 7.87. The van der Waals surface area contributed by atoms with Gasteiger partial charge in [-0.25, -0.2) is 0 Å². The van der Waals surface area contributed by atoms with E-state index >= 15 is 0 Å². The Bertz CT molecular complexity index is 343. The molecular weight excluding hydrogens is 250 g/mol. The van der Waals surface area contributed by atoms with Gasteiger partial charge in [0, 0.05) is 12.6 Å². The van der Waals surface area contributed by atoms with Crippen molar-refractivity contribution in [3.05, 3.63) is 11.6 Å². The number of fused-ring (bicyclic) bond motifs is 1. The molecule has 1 fully saturated rings. The molecule has 0 saturated carbocycles. The van der Waals surface area contributed by atoms with Crippen LogP contribution in [0.5, 0.6) is 0 Å². The molecule has 0 aliphatic carbocycles. The summed E-state index contributed by atoms with van der Waals surface area (Å²) in [6.45, 7) is 15.1. The third kappa shape index (κ3) is 3.70. The summed E-state index contributed by atoms with van der Waals surface area (Å²) in [6, 6.07) is 0.709. The largest absolute Gasteiger partial charge is 0.413 e. The fourth-order valence-electron chi connectivity index (χ4n) is 2.74. The van der Waals surface area contributed by atoms with Crippen LogP contribution in [0.4, 0.5) is 0 Å². The van der Waals surface area contributed by atoms with Gasteiger partial charge in [0.1, 0.15) is 0 Å². The van der Waals surface area contributed by atoms with Gasteiger partial charge in [-0.1, -0.05) is 33.3 Å². The van der Waals surface area contributed by atoms with Crippen LogP contribution in [-0.4, -0.2) is 39.0 Å². The molecule has 2 nitrogen and oxygen atoms in total. The summed E-state index contributed by atoms with van der Waals surface area (Å²) in [5, 5.41) is 0.319. The van der Waals surface area contributed by atoms with Crippen molar-refractivity contribution in [3.8, 4) is 0 Å². The van der Waals surface area contributed by atoms with Crippen LogP contribution in [0.3, 0.4) is 0 Å². The Hall–Kier alpha value is -0.123. The van der Waals surface area contributed by atoms with E-state index in [-0.39, 0.29) is 0 Å². The van der Waals surface area contributed by atoms with Crippen molar-refractivity contribution in [2.45, 2.75) is 70.6 Å². The molecule has 2 heterocycles. The second kappa shape index (κ2) is 5.70. The smallest absolute Gasteiger partial charge is 0.192 e. The minimum atomic E-state index is -1.59. The van der Waals surface area contributed by atoms with Crippen molar-refractivity contribution in [1.29, 1.82) is 0 Å². The molecule has 1 saturated heterocycles. The van der Waals surface area contributed by atoms with E-state index in [1.807, 2.05) is 0 Å². The van der Waals surface area contributed by atoms with Crippen LogP contribution >= 0.6 is 0 Å². The molecule has 1 atom stereocenters. The lowest BCUT2D eigenvalue weighted by Crippen LogP contribution is -2.44. The van der Waals surface area contributed by atoms with Gasteiger partial charge in [0.25, 0.3) is 0 Å². The average molecular weight is 282 g/mol. The number of nitrogens with zero attached hydrogens (tertiary/aromatic N) is 1. The minimum absolute atomic E-state index is 0.319. The van der Waals surface area contributed by atoms with Gasteiger partial charge in [-0.2, -0.15) is 0 Å². The van der Waals surface area contributed by atoms with Gasteiger partial charge in [0.15, 0.2) is 8.32 Å². The monoisotopic (exact) mass is 281 g/mol. The third-order valence-corrected chi connectivity index (χ3v) is 9.72. The molecule has 0 aromatic rings. The lowest BCUT2D eigenvalue weighted by molar-refractivity contribution is 0.166. The lowest BCUT2D eigenvalue weighted by atomic mass is 9.95. The topological polar surface area (TPSA) is 12.5 Å². The van der Waals surface area contributed by atoms with Gasteiger partial charge in [-0.15, -0.1) is 0 Å². The van der Waals surface area contributed by atoms with E-state index in [1.165, 1.54) is 38.8 Å². The maximum atomic E-state index is 6.37. The Labute approximate surface area is 120 Å². The van der Waals surface area contributed by atoms with Crippen LogP contribution < -0.4 is 0 Å². The molecule has 3 heteroatoms. The molecule has 0 aromatic heterocycles. The van der Waals surface area contributed by atoms with Gasteiger partial charge >= 0.3 is 0 Å². The number of hydrogen-bond donors (Lipinski definition) is 0. The van der Waals surface area contributed by atoms with Gasteiger partial charge in [0.05, 0.1) is 6.61 Å². The zero-order valence-electron chi connectivity index (χ0n) is 13.5. The molecule has 2 aliphatic rings. The van der Waals surface area contributed by atoms with E-state index in [4.69, 9.17) is 4.43 Å². The highest BCUT2D eigenvalue weighted by molar-refractivity contribution is 6.74. The molecule has 0 bridgehead atoms. The van der Waals surface area contributed by atoms with Crippen molar-refractivity contribution in [3.63, 3.8) is 0 Å². The Morgan fingerprint density at radius 3 is 2.68 bits per heavy atom. The first-order valence-corrected chi connectivity index (χ1v) is 10.8. The van der Waals surface area contributed by atoms with Crippen LogP contribution in [0, 0.1) is 0 Å². The molecule has 1 unspecified atom stereocenters. The Balaban J connectivity index is 1.92. The standard InChI is InChI=1S/C16H31NOSi/c1-16(2,3)19(4,5)18-13-14-9-11-17-10-7-6-8-15(17)12-14/h12,15H,6-11,13H2,1-5H3. The van der Waals surface area contributed by atoms with E-state index in [0.717, 1.165) is 6.61 Å². The summed E-state index contributed by atoms with van der Waals surface area (Å²) in [6.07, 6.45) is 7.86. The van der Waals surface area contributed by atoms with Crippen molar-refractivity contribution in [2.75, 3.05) is 19.7 Å². The fraction of sp³-hybridized carbons (Fsp3) is 0.875. The molecule has 2 rings (SSSR count). The van der Waals surface area contributed by atoms with Gasteiger partial charge in [-0.3, -0.25) is 4.90 Å². The Morgan fingerprint density at radius 1 is 1.26 bits per heavy atom. The Kier molecular flexibility index (Phi) is 4.58.